The van der Waals surface area contributed by atoms with E-state index < -0.39 is 0 Å². The van der Waals surface area contributed by atoms with Crippen LogP contribution in [0.5, 0.6) is 0 Å². The van der Waals surface area contributed by atoms with Gasteiger partial charge < -0.3 is 10.6 Å². The fraction of sp³-hybridized carbons (Fsp3) is 0.154. The van der Waals surface area contributed by atoms with Crippen LogP contribution in [0.2, 0.25) is 0 Å². The summed E-state index contributed by atoms with van der Waals surface area (Å²) in [5, 5.41) is 12.2. The van der Waals surface area contributed by atoms with Gasteiger partial charge in [0.1, 0.15) is 0 Å². The van der Waals surface area contributed by atoms with E-state index in [0.717, 1.165) is 31.6 Å². The average Bonchev–Trinajstić information content (AvgIpc) is 3.04. The lowest BCUT2D eigenvalue weighted by molar-refractivity contribution is 0.718. The molecule has 0 radical (unpaired) electrons. The Morgan fingerprint density at radius 3 is 2.11 bits per heavy atom. The number of rotatable bonds is 3. The number of fused-ring (bicyclic) bond motifs is 2. The minimum Gasteiger partial charge on any atom is -0.355 e. The average molecular weight is 364 g/mol. The van der Waals surface area contributed by atoms with Crippen molar-refractivity contribution < 1.29 is 0 Å². The van der Waals surface area contributed by atoms with Crippen molar-refractivity contribution in [3.05, 3.63) is 90.5 Å². The molecule has 4 aromatic rings. The predicted molar refractivity (Wildman–Crippen MR) is 121 cm³/mol. The quantitative estimate of drug-likeness (QED) is 0.405. The molecule has 4 aromatic carbocycles. The van der Waals surface area contributed by atoms with Crippen LogP contribution in [0.25, 0.3) is 27.1 Å². The van der Waals surface area contributed by atoms with Gasteiger partial charge in [0.15, 0.2) is 0 Å². The lowest BCUT2D eigenvalue weighted by Crippen LogP contribution is -2.13. The molecule has 0 atom stereocenters. The van der Waals surface area contributed by atoms with Crippen molar-refractivity contribution in [3.8, 4) is 0 Å². The molecule has 28 heavy (non-hydrogen) atoms. The van der Waals surface area contributed by atoms with Crippen molar-refractivity contribution in [3.63, 3.8) is 0 Å². The second-order valence-corrected chi connectivity index (χ2v) is 7.41. The maximum atomic E-state index is 3.70. The molecule has 1 aliphatic rings. The topological polar surface area (TPSA) is 24.1 Å². The van der Waals surface area contributed by atoms with Gasteiger partial charge in [-0.25, -0.2) is 0 Å². The van der Waals surface area contributed by atoms with E-state index >= 15 is 0 Å². The highest BCUT2D eigenvalue weighted by Crippen LogP contribution is 2.35. The Kier molecular flexibility index (Phi) is 4.56. The van der Waals surface area contributed by atoms with E-state index in [9.17, 15) is 0 Å². The lowest BCUT2D eigenvalue weighted by Gasteiger charge is -2.15. The Morgan fingerprint density at radius 2 is 1.39 bits per heavy atom. The van der Waals surface area contributed by atoms with Crippen molar-refractivity contribution in [2.45, 2.75) is 12.8 Å². The second-order valence-electron chi connectivity index (χ2n) is 7.41. The predicted octanol–water partition coefficient (Wildman–Crippen LogP) is 6.50. The molecular weight excluding hydrogens is 340 g/mol. The molecule has 0 amide bonds. The molecule has 0 fully saturated rings. The molecule has 0 unspecified atom stereocenters. The van der Waals surface area contributed by atoms with E-state index in [1.807, 2.05) is 0 Å². The van der Waals surface area contributed by atoms with Crippen molar-refractivity contribution in [1.82, 2.24) is 5.32 Å². The van der Waals surface area contributed by atoms with E-state index in [1.54, 1.807) is 0 Å². The van der Waals surface area contributed by atoms with Gasteiger partial charge in [0.05, 0.1) is 5.69 Å². The number of hydrogen-bond acceptors (Lipinski definition) is 2. The standard InChI is InChI=1S/C26H24N2/c1-3-9-24-21(6-1)18-22-7-2-4-10-25(22)26(24)28-23-13-11-20(12-14-23)19-8-5-16-27-17-15-19/h1-4,6-14,18,27-28H,5,15-17H2. The molecule has 0 bridgehead atoms. The largest absolute Gasteiger partial charge is 0.355 e. The van der Waals surface area contributed by atoms with Gasteiger partial charge in [-0.15, -0.1) is 0 Å². The summed E-state index contributed by atoms with van der Waals surface area (Å²) < 4.78 is 0. The summed E-state index contributed by atoms with van der Waals surface area (Å²) in [6, 6.07) is 28.3. The van der Waals surface area contributed by atoms with E-state index in [2.05, 4.69) is 95.6 Å². The van der Waals surface area contributed by atoms with Crippen LogP contribution in [-0.4, -0.2) is 13.1 Å². The number of hydrogen-bond donors (Lipinski definition) is 2. The van der Waals surface area contributed by atoms with Gasteiger partial charge >= 0.3 is 0 Å². The summed E-state index contributed by atoms with van der Waals surface area (Å²) in [6.45, 7) is 2.14. The van der Waals surface area contributed by atoms with E-state index in [1.165, 1.54) is 38.4 Å². The van der Waals surface area contributed by atoms with Crippen molar-refractivity contribution >= 4 is 38.5 Å². The molecule has 0 saturated heterocycles. The van der Waals surface area contributed by atoms with Crippen LogP contribution < -0.4 is 10.6 Å². The first-order valence-corrected chi connectivity index (χ1v) is 10.1. The van der Waals surface area contributed by atoms with Gasteiger partial charge in [-0.1, -0.05) is 66.7 Å². The fourth-order valence-corrected chi connectivity index (χ4v) is 4.12. The van der Waals surface area contributed by atoms with Crippen molar-refractivity contribution in [2.24, 2.45) is 0 Å². The first-order valence-electron chi connectivity index (χ1n) is 10.1. The van der Waals surface area contributed by atoms with Gasteiger partial charge in [0, 0.05) is 16.5 Å². The number of nitrogens with one attached hydrogen (secondary N) is 2. The molecular formula is C26H24N2. The Bertz CT molecular complexity index is 1100. The van der Waals surface area contributed by atoms with E-state index in [4.69, 9.17) is 0 Å². The third kappa shape index (κ3) is 3.28. The maximum absolute atomic E-state index is 3.70. The molecule has 138 valence electrons. The zero-order chi connectivity index (χ0) is 18.8. The summed E-state index contributed by atoms with van der Waals surface area (Å²) in [5.74, 6) is 0. The molecule has 2 N–H and O–H groups in total. The van der Waals surface area contributed by atoms with Gasteiger partial charge in [0.2, 0.25) is 0 Å². The van der Waals surface area contributed by atoms with E-state index in [0.29, 0.717) is 0 Å². The molecule has 2 nitrogen and oxygen atoms in total. The van der Waals surface area contributed by atoms with Crippen LogP contribution in [0.4, 0.5) is 11.4 Å². The van der Waals surface area contributed by atoms with Crippen LogP contribution in [0.1, 0.15) is 18.4 Å². The Balaban J connectivity index is 1.53. The second kappa shape index (κ2) is 7.49. The summed E-state index contributed by atoms with van der Waals surface area (Å²) in [7, 11) is 0. The van der Waals surface area contributed by atoms with Crippen molar-refractivity contribution in [2.75, 3.05) is 18.4 Å². The first-order chi connectivity index (χ1) is 13.9. The number of benzene rings is 4. The minimum atomic E-state index is 1.06. The van der Waals surface area contributed by atoms with Crippen LogP contribution in [0.3, 0.4) is 0 Å². The molecule has 1 aliphatic heterocycles. The maximum Gasteiger partial charge on any atom is 0.0543 e. The highest BCUT2D eigenvalue weighted by Gasteiger charge is 2.09. The molecule has 0 spiro atoms. The Hall–Kier alpha value is -3.10. The molecule has 0 aliphatic carbocycles. The van der Waals surface area contributed by atoms with Crippen LogP contribution in [-0.2, 0) is 0 Å². The first kappa shape index (κ1) is 17.0. The molecule has 5 rings (SSSR count). The molecule has 0 saturated carbocycles. The van der Waals surface area contributed by atoms with Gasteiger partial charge in [-0.2, -0.15) is 0 Å². The summed E-state index contributed by atoms with van der Waals surface area (Å²) >= 11 is 0. The van der Waals surface area contributed by atoms with Gasteiger partial charge in [-0.05, 0) is 66.0 Å². The summed E-state index contributed by atoms with van der Waals surface area (Å²) in [4.78, 5) is 0. The third-order valence-electron chi connectivity index (χ3n) is 5.58. The van der Waals surface area contributed by atoms with Crippen LogP contribution in [0.15, 0.2) is 84.9 Å². The Labute approximate surface area is 165 Å². The minimum absolute atomic E-state index is 1.06. The smallest absolute Gasteiger partial charge is 0.0543 e. The van der Waals surface area contributed by atoms with E-state index in [-0.39, 0.29) is 0 Å². The normalized spacial score (nSPS) is 14.6. The van der Waals surface area contributed by atoms with Crippen molar-refractivity contribution in [1.29, 1.82) is 0 Å². The summed E-state index contributed by atoms with van der Waals surface area (Å²) in [5.41, 5.74) is 5.08. The zero-order valence-corrected chi connectivity index (χ0v) is 15.9. The Morgan fingerprint density at radius 1 is 0.714 bits per heavy atom. The number of anilines is 2. The van der Waals surface area contributed by atoms with Crippen LogP contribution in [0, 0.1) is 0 Å². The zero-order valence-electron chi connectivity index (χ0n) is 15.9. The highest BCUT2D eigenvalue weighted by molar-refractivity contribution is 6.12. The fourth-order valence-electron chi connectivity index (χ4n) is 4.12. The molecule has 1 heterocycles. The third-order valence-corrected chi connectivity index (χ3v) is 5.58. The van der Waals surface area contributed by atoms with Gasteiger partial charge in [0.25, 0.3) is 0 Å². The SMILES string of the molecule is C1=C(c2ccc(Nc3c4ccccc4cc4ccccc34)cc2)CCNCC1. The highest BCUT2D eigenvalue weighted by atomic mass is 14.9. The van der Waals surface area contributed by atoms with Crippen LogP contribution >= 0.6 is 0 Å². The lowest BCUT2D eigenvalue weighted by atomic mass is 10.00. The molecule has 2 heteroatoms. The monoisotopic (exact) mass is 364 g/mol. The molecule has 0 aromatic heterocycles. The summed E-state index contributed by atoms with van der Waals surface area (Å²) in [6.07, 6.45) is 4.58. The van der Waals surface area contributed by atoms with Gasteiger partial charge in [-0.3, -0.25) is 0 Å².